The van der Waals surface area contributed by atoms with Gasteiger partial charge in [0, 0.05) is 6.54 Å². The Morgan fingerprint density at radius 3 is 1.84 bits per heavy atom. The summed E-state index contributed by atoms with van der Waals surface area (Å²) < 4.78 is 0. The van der Waals surface area contributed by atoms with Crippen molar-refractivity contribution in [3.05, 3.63) is 71.8 Å². The first kappa shape index (κ1) is 23.5. The number of nitrogens with one attached hydrogen (secondary N) is 2. The van der Waals surface area contributed by atoms with Crippen LogP contribution in [0.4, 0.5) is 0 Å². The second kappa shape index (κ2) is 10.4. The van der Waals surface area contributed by atoms with E-state index in [-0.39, 0.29) is 29.7 Å². The van der Waals surface area contributed by atoms with Gasteiger partial charge in [0.15, 0.2) is 0 Å². The summed E-state index contributed by atoms with van der Waals surface area (Å²) in [5, 5.41) is 5.85. The summed E-state index contributed by atoms with van der Waals surface area (Å²) in [6, 6.07) is 17.2. The average molecular weight is 437 g/mol. The number of carbonyl (C=O) groups is 3. The summed E-state index contributed by atoms with van der Waals surface area (Å²) in [5.74, 6) is -0.970. The first-order valence-electron chi connectivity index (χ1n) is 11.1. The third-order valence-electron chi connectivity index (χ3n) is 5.80. The van der Waals surface area contributed by atoms with E-state index in [4.69, 9.17) is 5.73 Å². The monoisotopic (exact) mass is 436 g/mol. The zero-order chi connectivity index (χ0) is 23.3. The predicted octanol–water partition coefficient (Wildman–Crippen LogP) is 1.98. The third-order valence-corrected chi connectivity index (χ3v) is 5.80. The maximum absolute atomic E-state index is 13.2. The molecule has 2 aromatic carbocycles. The standard InChI is InChI=1S/C25H32N4O3/c1-16(2)21(27-23(30)17(3)26)25(32)29-15-14-20(29)24(31)28-22(18-10-6-4-7-11-18)19-12-8-5-9-13-19/h4-13,16-17,20-22H,14-15,26H2,1-3H3,(H,27,30)(H,28,31)/t17-,20-,21-/m0/s1. The molecule has 4 N–H and O–H groups in total. The quantitative estimate of drug-likeness (QED) is 0.589. The smallest absolute Gasteiger partial charge is 0.246 e. The topological polar surface area (TPSA) is 105 Å². The Morgan fingerprint density at radius 1 is 0.906 bits per heavy atom. The molecule has 2 aromatic rings. The van der Waals surface area contributed by atoms with Crippen LogP contribution in [0.1, 0.15) is 44.4 Å². The van der Waals surface area contributed by atoms with E-state index in [0.29, 0.717) is 13.0 Å². The lowest BCUT2D eigenvalue weighted by atomic mass is 9.94. The largest absolute Gasteiger partial charge is 0.343 e. The Labute approximate surface area is 189 Å². The predicted molar refractivity (Wildman–Crippen MR) is 123 cm³/mol. The van der Waals surface area contributed by atoms with Crippen molar-refractivity contribution in [2.24, 2.45) is 11.7 Å². The van der Waals surface area contributed by atoms with Crippen LogP contribution in [0.2, 0.25) is 0 Å². The van der Waals surface area contributed by atoms with Crippen LogP contribution in [-0.4, -0.2) is 47.3 Å². The highest BCUT2D eigenvalue weighted by atomic mass is 16.2. The van der Waals surface area contributed by atoms with Gasteiger partial charge in [-0.3, -0.25) is 14.4 Å². The highest BCUT2D eigenvalue weighted by Crippen LogP contribution is 2.25. The summed E-state index contributed by atoms with van der Waals surface area (Å²) >= 11 is 0. The molecule has 0 unspecified atom stereocenters. The van der Waals surface area contributed by atoms with Crippen molar-refractivity contribution in [2.45, 2.75) is 51.4 Å². The van der Waals surface area contributed by atoms with E-state index in [1.165, 1.54) is 0 Å². The van der Waals surface area contributed by atoms with Crippen molar-refractivity contribution in [1.29, 1.82) is 0 Å². The normalized spacial score (nSPS) is 17.4. The number of hydrogen-bond donors (Lipinski definition) is 3. The zero-order valence-corrected chi connectivity index (χ0v) is 18.8. The zero-order valence-electron chi connectivity index (χ0n) is 18.8. The second-order valence-corrected chi connectivity index (χ2v) is 8.62. The second-order valence-electron chi connectivity index (χ2n) is 8.62. The molecule has 0 spiro atoms. The molecule has 3 atom stereocenters. The molecule has 3 amide bonds. The Kier molecular flexibility index (Phi) is 7.64. The van der Waals surface area contributed by atoms with Crippen LogP contribution in [0.5, 0.6) is 0 Å². The van der Waals surface area contributed by atoms with E-state index in [2.05, 4.69) is 10.6 Å². The van der Waals surface area contributed by atoms with Gasteiger partial charge in [0.1, 0.15) is 12.1 Å². The van der Waals surface area contributed by atoms with E-state index in [9.17, 15) is 14.4 Å². The van der Waals surface area contributed by atoms with Crippen LogP contribution in [0.25, 0.3) is 0 Å². The van der Waals surface area contributed by atoms with Crippen molar-refractivity contribution in [2.75, 3.05) is 6.54 Å². The minimum absolute atomic E-state index is 0.129. The first-order chi connectivity index (χ1) is 15.3. The molecule has 1 aliphatic rings. The first-order valence-corrected chi connectivity index (χ1v) is 11.1. The van der Waals surface area contributed by atoms with Crippen molar-refractivity contribution in [1.82, 2.24) is 15.5 Å². The van der Waals surface area contributed by atoms with Gasteiger partial charge in [0.05, 0.1) is 12.1 Å². The van der Waals surface area contributed by atoms with E-state index in [1.807, 2.05) is 74.5 Å². The molecule has 170 valence electrons. The lowest BCUT2D eigenvalue weighted by Crippen LogP contribution is -2.64. The molecule has 0 bridgehead atoms. The van der Waals surface area contributed by atoms with E-state index in [0.717, 1.165) is 11.1 Å². The Balaban J connectivity index is 1.75. The molecule has 1 heterocycles. The summed E-state index contributed by atoms with van der Waals surface area (Å²) in [6.45, 7) is 5.78. The number of nitrogens with zero attached hydrogens (tertiary/aromatic N) is 1. The Bertz CT molecular complexity index is 891. The van der Waals surface area contributed by atoms with Crippen LogP contribution in [0, 0.1) is 5.92 Å². The van der Waals surface area contributed by atoms with Gasteiger partial charge in [-0.05, 0) is 30.4 Å². The molecule has 1 aliphatic heterocycles. The highest BCUT2D eigenvalue weighted by molar-refractivity contribution is 5.94. The van der Waals surface area contributed by atoms with Gasteiger partial charge in [-0.15, -0.1) is 0 Å². The summed E-state index contributed by atoms with van der Waals surface area (Å²) in [7, 11) is 0. The van der Waals surface area contributed by atoms with Gasteiger partial charge in [0.2, 0.25) is 17.7 Å². The van der Waals surface area contributed by atoms with E-state index >= 15 is 0 Å². The van der Waals surface area contributed by atoms with Crippen LogP contribution >= 0.6 is 0 Å². The fraction of sp³-hybridized carbons (Fsp3) is 0.400. The number of rotatable bonds is 8. The summed E-state index contributed by atoms with van der Waals surface area (Å²) in [4.78, 5) is 40.0. The minimum Gasteiger partial charge on any atom is -0.343 e. The van der Waals surface area contributed by atoms with Crippen molar-refractivity contribution >= 4 is 17.7 Å². The van der Waals surface area contributed by atoms with Gasteiger partial charge >= 0.3 is 0 Å². The average Bonchev–Trinajstić information content (AvgIpc) is 2.75. The molecule has 7 heteroatoms. The molecule has 0 radical (unpaired) electrons. The van der Waals surface area contributed by atoms with Gasteiger partial charge in [-0.25, -0.2) is 0 Å². The van der Waals surface area contributed by atoms with Crippen molar-refractivity contribution in [3.8, 4) is 0 Å². The molecule has 1 fully saturated rings. The molecule has 0 aromatic heterocycles. The highest BCUT2D eigenvalue weighted by Gasteiger charge is 2.42. The summed E-state index contributed by atoms with van der Waals surface area (Å²) in [6.07, 6.45) is 0.583. The van der Waals surface area contributed by atoms with E-state index in [1.54, 1.807) is 11.8 Å². The van der Waals surface area contributed by atoms with Crippen LogP contribution in [-0.2, 0) is 14.4 Å². The number of nitrogens with two attached hydrogens (primary N) is 1. The number of carbonyl (C=O) groups excluding carboxylic acids is 3. The molecule has 32 heavy (non-hydrogen) atoms. The third kappa shape index (κ3) is 5.34. The Morgan fingerprint density at radius 2 is 1.44 bits per heavy atom. The van der Waals surface area contributed by atoms with Crippen LogP contribution in [0.3, 0.4) is 0 Å². The minimum atomic E-state index is -0.719. The van der Waals surface area contributed by atoms with Gasteiger partial charge in [-0.1, -0.05) is 74.5 Å². The van der Waals surface area contributed by atoms with Crippen molar-refractivity contribution in [3.63, 3.8) is 0 Å². The van der Waals surface area contributed by atoms with E-state index < -0.39 is 18.1 Å². The van der Waals surface area contributed by atoms with Crippen molar-refractivity contribution < 1.29 is 14.4 Å². The maximum atomic E-state index is 13.2. The van der Waals surface area contributed by atoms with Gasteiger partial charge < -0.3 is 21.3 Å². The Hall–Kier alpha value is -3.19. The molecule has 3 rings (SSSR count). The fourth-order valence-electron chi connectivity index (χ4n) is 3.79. The SMILES string of the molecule is CC(C)[C@H](NC(=O)[C@H](C)N)C(=O)N1CC[C@H]1C(=O)NC(c1ccccc1)c1ccccc1. The maximum Gasteiger partial charge on any atom is 0.246 e. The number of likely N-dealkylation sites (tertiary alicyclic amines) is 1. The molecule has 7 nitrogen and oxygen atoms in total. The lowest BCUT2D eigenvalue weighted by molar-refractivity contribution is -0.151. The van der Waals surface area contributed by atoms with Gasteiger partial charge in [-0.2, -0.15) is 0 Å². The number of hydrogen-bond acceptors (Lipinski definition) is 4. The summed E-state index contributed by atoms with van der Waals surface area (Å²) in [5.41, 5.74) is 7.58. The van der Waals surface area contributed by atoms with Crippen LogP contribution < -0.4 is 16.4 Å². The van der Waals surface area contributed by atoms with Gasteiger partial charge in [0.25, 0.3) is 0 Å². The molecule has 0 saturated carbocycles. The fourth-order valence-corrected chi connectivity index (χ4v) is 3.79. The molecular formula is C25H32N4O3. The lowest BCUT2D eigenvalue weighted by Gasteiger charge is -2.43. The molecular weight excluding hydrogens is 404 g/mol. The van der Waals surface area contributed by atoms with Crippen LogP contribution in [0.15, 0.2) is 60.7 Å². The molecule has 1 saturated heterocycles. The molecule has 0 aliphatic carbocycles. The number of benzene rings is 2. The number of amides is 3.